The Kier molecular flexibility index (Phi) is 8.57. The highest BCUT2D eigenvalue weighted by atomic mass is 127. The first kappa shape index (κ1) is 23.0. The summed E-state index contributed by atoms with van der Waals surface area (Å²) in [4.78, 5) is 7.03. The monoisotopic (exact) mass is 514 g/mol. The Hall–Kier alpha value is -1.32. The second-order valence-corrected chi connectivity index (χ2v) is 8.10. The molecule has 28 heavy (non-hydrogen) atoms. The largest absolute Gasteiger partial charge is 0.384 e. The number of aliphatic hydroxyl groups is 1. The number of aryl methyl sites for hydroxylation is 1. The molecule has 2 heterocycles. The molecule has 1 aliphatic heterocycles. The van der Waals surface area contributed by atoms with E-state index in [4.69, 9.17) is 4.99 Å². The first-order valence-corrected chi connectivity index (χ1v) is 10.5. The smallest absolute Gasteiger partial charge is 0.191 e. The Morgan fingerprint density at radius 2 is 2.14 bits per heavy atom. The van der Waals surface area contributed by atoms with Crippen molar-refractivity contribution in [1.82, 2.24) is 10.6 Å². The Morgan fingerprint density at radius 1 is 1.32 bits per heavy atom. The van der Waals surface area contributed by atoms with Gasteiger partial charge in [-0.05, 0) is 66.3 Å². The van der Waals surface area contributed by atoms with Crippen LogP contribution in [0.4, 0.5) is 5.69 Å². The van der Waals surface area contributed by atoms with E-state index < -0.39 is 5.60 Å². The summed E-state index contributed by atoms with van der Waals surface area (Å²) in [5.74, 6) is 0.725. The fourth-order valence-corrected chi connectivity index (χ4v) is 4.16. The molecule has 1 aliphatic rings. The van der Waals surface area contributed by atoms with Crippen molar-refractivity contribution in [3.05, 3.63) is 51.7 Å². The van der Waals surface area contributed by atoms with Crippen molar-refractivity contribution in [2.75, 3.05) is 31.6 Å². The molecule has 0 radical (unpaired) electrons. The van der Waals surface area contributed by atoms with Gasteiger partial charge in [0.2, 0.25) is 0 Å². The molecule has 0 amide bonds. The van der Waals surface area contributed by atoms with Crippen molar-refractivity contribution < 1.29 is 5.11 Å². The van der Waals surface area contributed by atoms with E-state index in [2.05, 4.69) is 40.8 Å². The van der Waals surface area contributed by atoms with Gasteiger partial charge >= 0.3 is 0 Å². The minimum atomic E-state index is -0.924. The third-order valence-corrected chi connectivity index (χ3v) is 5.69. The molecule has 0 saturated heterocycles. The number of hydrogen-bond donors (Lipinski definition) is 3. The van der Waals surface area contributed by atoms with E-state index in [1.165, 1.54) is 23.2 Å². The molecular formula is C21H31IN4OS. The van der Waals surface area contributed by atoms with Gasteiger partial charge in [0.1, 0.15) is 5.60 Å². The highest BCUT2D eigenvalue weighted by Gasteiger charge is 2.23. The number of fused-ring (bicyclic) bond motifs is 1. The van der Waals surface area contributed by atoms with Gasteiger partial charge in [-0.15, -0.1) is 24.0 Å². The molecule has 5 nitrogen and oxygen atoms in total. The summed E-state index contributed by atoms with van der Waals surface area (Å²) < 4.78 is 0. The van der Waals surface area contributed by atoms with E-state index in [-0.39, 0.29) is 24.0 Å². The van der Waals surface area contributed by atoms with Gasteiger partial charge in [0.15, 0.2) is 5.96 Å². The van der Waals surface area contributed by atoms with Gasteiger partial charge in [0.05, 0.1) is 13.1 Å². The Labute approximate surface area is 189 Å². The second kappa shape index (κ2) is 10.5. The number of rotatable bonds is 6. The summed E-state index contributed by atoms with van der Waals surface area (Å²) in [6.45, 7) is 6.80. The molecule has 3 rings (SSSR count). The number of benzene rings is 1. The van der Waals surface area contributed by atoms with Gasteiger partial charge in [-0.1, -0.05) is 12.1 Å². The van der Waals surface area contributed by atoms with E-state index in [0.29, 0.717) is 13.1 Å². The number of nitrogens with zero attached hydrogens (tertiary/aromatic N) is 2. The summed E-state index contributed by atoms with van der Waals surface area (Å²) in [6.07, 6.45) is 2.34. The van der Waals surface area contributed by atoms with Gasteiger partial charge in [-0.25, -0.2) is 4.99 Å². The molecular weight excluding hydrogens is 483 g/mol. The van der Waals surface area contributed by atoms with Crippen molar-refractivity contribution in [3.63, 3.8) is 0 Å². The molecule has 0 saturated carbocycles. The highest BCUT2D eigenvalue weighted by molar-refractivity contribution is 14.0. The Morgan fingerprint density at radius 3 is 2.86 bits per heavy atom. The normalized spacial score (nSPS) is 16.0. The van der Waals surface area contributed by atoms with Crippen LogP contribution in [-0.4, -0.2) is 37.7 Å². The van der Waals surface area contributed by atoms with Gasteiger partial charge in [0, 0.05) is 25.8 Å². The van der Waals surface area contributed by atoms with Crippen LogP contribution in [0.2, 0.25) is 0 Å². The van der Waals surface area contributed by atoms with Crippen molar-refractivity contribution >= 4 is 47.0 Å². The van der Waals surface area contributed by atoms with Crippen LogP contribution in [0.3, 0.4) is 0 Å². The maximum absolute atomic E-state index is 10.7. The topological polar surface area (TPSA) is 59.9 Å². The van der Waals surface area contributed by atoms with E-state index in [1.807, 2.05) is 30.7 Å². The van der Waals surface area contributed by atoms with E-state index in [1.54, 1.807) is 11.3 Å². The molecule has 0 bridgehead atoms. The van der Waals surface area contributed by atoms with E-state index >= 15 is 0 Å². The number of guanidine groups is 1. The van der Waals surface area contributed by atoms with Crippen LogP contribution in [0.1, 0.15) is 37.0 Å². The maximum atomic E-state index is 10.7. The molecule has 3 N–H and O–H groups in total. The summed E-state index contributed by atoms with van der Waals surface area (Å²) in [6, 6.07) is 8.61. The molecule has 7 heteroatoms. The molecule has 0 fully saturated rings. The minimum Gasteiger partial charge on any atom is -0.384 e. The minimum absolute atomic E-state index is 0. The summed E-state index contributed by atoms with van der Waals surface area (Å²) in [7, 11) is 2.16. The van der Waals surface area contributed by atoms with Gasteiger partial charge in [0.25, 0.3) is 0 Å². The van der Waals surface area contributed by atoms with Crippen molar-refractivity contribution in [1.29, 1.82) is 0 Å². The average Bonchev–Trinajstić information content (AvgIpc) is 3.20. The number of nitrogens with one attached hydrogen (secondary N) is 2. The van der Waals surface area contributed by atoms with Crippen LogP contribution in [-0.2, 0) is 18.6 Å². The molecule has 0 spiro atoms. The molecule has 1 aromatic heterocycles. The number of aliphatic imine (C=N–C) groups is 1. The predicted octanol–water partition coefficient (Wildman–Crippen LogP) is 3.71. The summed E-state index contributed by atoms with van der Waals surface area (Å²) in [5, 5.41) is 21.2. The predicted molar refractivity (Wildman–Crippen MR) is 130 cm³/mol. The standard InChI is InChI=1S/C21H30N4OS.HI/c1-4-22-20(24-15-21(2,26)18-9-11-27-14-18)23-13-16-7-8-19-17(12-16)6-5-10-25(19)3;/h7-9,11-12,14,26H,4-6,10,13,15H2,1-3H3,(H2,22,23,24);1H. The molecule has 0 aliphatic carbocycles. The third kappa shape index (κ3) is 5.84. The lowest BCUT2D eigenvalue weighted by Gasteiger charge is -2.27. The van der Waals surface area contributed by atoms with Gasteiger partial charge < -0.3 is 20.6 Å². The van der Waals surface area contributed by atoms with Crippen molar-refractivity contribution in [3.8, 4) is 0 Å². The third-order valence-electron chi connectivity index (χ3n) is 5.00. The van der Waals surface area contributed by atoms with Crippen LogP contribution in [0.25, 0.3) is 0 Å². The molecule has 1 aromatic carbocycles. The fourth-order valence-electron chi connectivity index (χ4n) is 3.38. The van der Waals surface area contributed by atoms with Crippen LogP contribution < -0.4 is 15.5 Å². The first-order chi connectivity index (χ1) is 13.0. The lowest BCUT2D eigenvalue weighted by molar-refractivity contribution is 0.0621. The first-order valence-electron chi connectivity index (χ1n) is 9.60. The Bertz CT molecular complexity index is 777. The number of anilines is 1. The molecule has 154 valence electrons. The SMILES string of the molecule is CCNC(=NCc1ccc2c(c1)CCCN2C)NCC(C)(O)c1ccsc1.I. The van der Waals surface area contributed by atoms with E-state index in [9.17, 15) is 5.11 Å². The maximum Gasteiger partial charge on any atom is 0.191 e. The number of thiophene rings is 1. The van der Waals surface area contributed by atoms with Crippen LogP contribution in [0.5, 0.6) is 0 Å². The summed E-state index contributed by atoms with van der Waals surface area (Å²) in [5.41, 5.74) is 3.97. The van der Waals surface area contributed by atoms with Crippen LogP contribution in [0.15, 0.2) is 40.0 Å². The van der Waals surface area contributed by atoms with Gasteiger partial charge in [-0.3, -0.25) is 0 Å². The second-order valence-electron chi connectivity index (χ2n) is 7.32. The van der Waals surface area contributed by atoms with Gasteiger partial charge in [-0.2, -0.15) is 11.3 Å². The fraction of sp³-hybridized carbons (Fsp3) is 0.476. The highest BCUT2D eigenvalue weighted by Crippen LogP contribution is 2.27. The molecule has 1 unspecified atom stereocenters. The summed E-state index contributed by atoms with van der Waals surface area (Å²) >= 11 is 1.59. The van der Waals surface area contributed by atoms with Crippen molar-refractivity contribution in [2.24, 2.45) is 4.99 Å². The number of hydrogen-bond acceptors (Lipinski definition) is 4. The lowest BCUT2D eigenvalue weighted by Crippen LogP contribution is -2.44. The quantitative estimate of drug-likeness (QED) is 0.313. The average molecular weight is 514 g/mol. The zero-order chi connectivity index (χ0) is 19.3. The number of halogens is 1. The Balaban J connectivity index is 0.00000280. The van der Waals surface area contributed by atoms with Crippen molar-refractivity contribution in [2.45, 2.75) is 38.8 Å². The molecule has 2 aromatic rings. The van der Waals surface area contributed by atoms with Crippen LogP contribution >= 0.6 is 35.3 Å². The van der Waals surface area contributed by atoms with E-state index in [0.717, 1.165) is 31.0 Å². The zero-order valence-corrected chi connectivity index (χ0v) is 20.0. The lowest BCUT2D eigenvalue weighted by atomic mass is 9.99. The zero-order valence-electron chi connectivity index (χ0n) is 16.9. The molecule has 1 atom stereocenters. The van der Waals surface area contributed by atoms with Crippen LogP contribution in [0, 0.1) is 0 Å².